The van der Waals surface area contributed by atoms with Crippen molar-refractivity contribution in [2.45, 2.75) is 38.8 Å². The number of nitrogens with zero attached hydrogens (tertiary/aromatic N) is 1. The topological polar surface area (TPSA) is 21.7 Å². The monoisotopic (exact) mass is 203 g/mol. The first kappa shape index (κ1) is 13.9. The second kappa shape index (κ2) is 5.10. The average Bonchev–Trinajstić information content (AvgIpc) is 2.13. The van der Waals surface area contributed by atoms with E-state index in [2.05, 4.69) is 39.6 Å². The first-order valence-electron chi connectivity index (χ1n) is 5.05. The third kappa shape index (κ3) is 2.94. The molecule has 0 bridgehead atoms. The van der Waals surface area contributed by atoms with E-state index in [-0.39, 0.29) is 11.1 Å². The summed E-state index contributed by atoms with van der Waals surface area (Å²) in [5.74, 6) is 0. The second-order valence-electron chi connectivity index (χ2n) is 4.69. The van der Waals surface area contributed by atoms with Gasteiger partial charge < -0.3 is 9.47 Å². The Balaban J connectivity index is 4.43. The molecule has 0 spiro atoms. The summed E-state index contributed by atoms with van der Waals surface area (Å²) < 4.78 is 10.6. The molecule has 0 aromatic carbocycles. The Morgan fingerprint density at radius 3 is 1.93 bits per heavy atom. The van der Waals surface area contributed by atoms with E-state index in [9.17, 15) is 0 Å². The number of methoxy groups -OCH3 is 2. The molecule has 0 amide bonds. The number of hydrogen-bond acceptors (Lipinski definition) is 3. The standard InChI is InChI=1S/C11H25NO2/c1-10(2,11(3,4)14-7)12(5)8-9-13-6/h8-9H2,1-7H3. The van der Waals surface area contributed by atoms with Crippen molar-refractivity contribution in [3.63, 3.8) is 0 Å². The van der Waals surface area contributed by atoms with E-state index in [1.54, 1.807) is 14.2 Å². The smallest absolute Gasteiger partial charge is 0.0800 e. The van der Waals surface area contributed by atoms with Gasteiger partial charge in [0.25, 0.3) is 0 Å². The minimum Gasteiger partial charge on any atom is -0.383 e. The largest absolute Gasteiger partial charge is 0.383 e. The van der Waals surface area contributed by atoms with Gasteiger partial charge in [-0.25, -0.2) is 0 Å². The Labute approximate surface area is 88.4 Å². The molecule has 0 aliphatic heterocycles. The van der Waals surface area contributed by atoms with Crippen molar-refractivity contribution < 1.29 is 9.47 Å². The molecule has 0 aromatic heterocycles. The summed E-state index contributed by atoms with van der Waals surface area (Å²) in [5.41, 5.74) is -0.185. The molecule has 0 atom stereocenters. The maximum Gasteiger partial charge on any atom is 0.0800 e. The molecule has 3 nitrogen and oxygen atoms in total. The minimum atomic E-state index is -0.171. The average molecular weight is 203 g/mol. The molecule has 0 saturated heterocycles. The molecule has 0 aromatic rings. The molecule has 0 aliphatic carbocycles. The van der Waals surface area contributed by atoms with Gasteiger partial charge in [-0.05, 0) is 34.7 Å². The third-order valence-corrected chi connectivity index (χ3v) is 3.57. The van der Waals surface area contributed by atoms with E-state index >= 15 is 0 Å². The maximum atomic E-state index is 5.52. The van der Waals surface area contributed by atoms with E-state index in [0.717, 1.165) is 13.2 Å². The summed E-state index contributed by atoms with van der Waals surface area (Å²) in [4.78, 5) is 2.26. The van der Waals surface area contributed by atoms with Crippen molar-refractivity contribution >= 4 is 0 Å². The highest BCUT2D eigenvalue weighted by atomic mass is 16.5. The highest BCUT2D eigenvalue weighted by Crippen LogP contribution is 2.29. The van der Waals surface area contributed by atoms with Crippen LogP contribution in [-0.2, 0) is 9.47 Å². The lowest BCUT2D eigenvalue weighted by molar-refractivity contribution is -0.0939. The van der Waals surface area contributed by atoms with Gasteiger partial charge in [-0.3, -0.25) is 4.90 Å². The Hall–Kier alpha value is -0.120. The van der Waals surface area contributed by atoms with Gasteiger partial charge in [0.15, 0.2) is 0 Å². The lowest BCUT2D eigenvalue weighted by Gasteiger charge is -2.46. The van der Waals surface area contributed by atoms with Crippen molar-refractivity contribution in [1.82, 2.24) is 4.90 Å². The van der Waals surface area contributed by atoms with Crippen LogP contribution in [0.25, 0.3) is 0 Å². The van der Waals surface area contributed by atoms with Gasteiger partial charge in [-0.2, -0.15) is 0 Å². The van der Waals surface area contributed by atoms with E-state index < -0.39 is 0 Å². The normalized spacial score (nSPS) is 13.7. The van der Waals surface area contributed by atoms with Crippen molar-refractivity contribution in [3.8, 4) is 0 Å². The van der Waals surface area contributed by atoms with E-state index in [4.69, 9.17) is 9.47 Å². The van der Waals surface area contributed by atoms with Gasteiger partial charge in [0.1, 0.15) is 0 Å². The molecular formula is C11H25NO2. The molecule has 0 unspecified atom stereocenters. The van der Waals surface area contributed by atoms with Crippen LogP contribution in [0.1, 0.15) is 27.7 Å². The number of rotatable bonds is 6. The van der Waals surface area contributed by atoms with Crippen LogP contribution in [0.3, 0.4) is 0 Å². The summed E-state index contributed by atoms with van der Waals surface area (Å²) in [6.45, 7) is 10.3. The van der Waals surface area contributed by atoms with Gasteiger partial charge in [-0.15, -0.1) is 0 Å². The molecule has 0 radical (unpaired) electrons. The fourth-order valence-corrected chi connectivity index (χ4v) is 1.22. The fourth-order valence-electron chi connectivity index (χ4n) is 1.22. The van der Waals surface area contributed by atoms with Crippen molar-refractivity contribution in [3.05, 3.63) is 0 Å². The van der Waals surface area contributed by atoms with E-state index in [1.165, 1.54) is 0 Å². The lowest BCUT2D eigenvalue weighted by atomic mass is 9.84. The van der Waals surface area contributed by atoms with Crippen LogP contribution in [0.2, 0.25) is 0 Å². The molecule has 0 aliphatic rings. The highest BCUT2D eigenvalue weighted by Gasteiger charge is 2.40. The first-order chi connectivity index (χ1) is 6.29. The molecule has 0 heterocycles. The van der Waals surface area contributed by atoms with E-state index in [0.29, 0.717) is 0 Å². The lowest BCUT2D eigenvalue weighted by Crippen LogP contribution is -2.58. The van der Waals surface area contributed by atoms with Gasteiger partial charge in [0.05, 0.1) is 12.2 Å². The molecule has 0 fully saturated rings. The Morgan fingerprint density at radius 2 is 1.57 bits per heavy atom. The molecule has 86 valence electrons. The van der Waals surface area contributed by atoms with Gasteiger partial charge in [0.2, 0.25) is 0 Å². The SMILES string of the molecule is COCCN(C)C(C)(C)C(C)(C)OC. The predicted molar refractivity (Wildman–Crippen MR) is 59.7 cm³/mol. The molecule has 0 N–H and O–H groups in total. The molecule has 0 saturated carbocycles. The van der Waals surface area contributed by atoms with Gasteiger partial charge >= 0.3 is 0 Å². The van der Waals surface area contributed by atoms with Gasteiger partial charge in [0, 0.05) is 26.3 Å². The molecular weight excluding hydrogens is 178 g/mol. The summed E-state index contributed by atoms with van der Waals surface area (Å²) in [5, 5.41) is 0. The van der Waals surface area contributed by atoms with Crippen LogP contribution in [0.5, 0.6) is 0 Å². The zero-order valence-electron chi connectivity index (χ0n) is 10.7. The zero-order valence-corrected chi connectivity index (χ0v) is 10.7. The maximum absolute atomic E-state index is 5.52. The summed E-state index contributed by atoms with van der Waals surface area (Å²) in [6.07, 6.45) is 0. The van der Waals surface area contributed by atoms with Crippen LogP contribution in [0.4, 0.5) is 0 Å². The summed E-state index contributed by atoms with van der Waals surface area (Å²) in [6, 6.07) is 0. The van der Waals surface area contributed by atoms with Crippen LogP contribution >= 0.6 is 0 Å². The summed E-state index contributed by atoms with van der Waals surface area (Å²) in [7, 11) is 5.58. The molecule has 14 heavy (non-hydrogen) atoms. The Bertz CT molecular complexity index is 167. The quantitative estimate of drug-likeness (QED) is 0.656. The van der Waals surface area contributed by atoms with Crippen molar-refractivity contribution in [2.24, 2.45) is 0 Å². The number of hydrogen-bond donors (Lipinski definition) is 0. The van der Waals surface area contributed by atoms with Crippen LogP contribution in [0, 0.1) is 0 Å². The van der Waals surface area contributed by atoms with Crippen LogP contribution in [0.15, 0.2) is 0 Å². The molecule has 0 rings (SSSR count). The predicted octanol–water partition coefficient (Wildman–Crippen LogP) is 1.77. The van der Waals surface area contributed by atoms with Crippen molar-refractivity contribution in [1.29, 1.82) is 0 Å². The van der Waals surface area contributed by atoms with Crippen LogP contribution < -0.4 is 0 Å². The van der Waals surface area contributed by atoms with Crippen molar-refractivity contribution in [2.75, 3.05) is 34.4 Å². The first-order valence-corrected chi connectivity index (χ1v) is 5.05. The Kier molecular flexibility index (Phi) is 5.06. The molecule has 3 heteroatoms. The number of ether oxygens (including phenoxy) is 2. The third-order valence-electron chi connectivity index (χ3n) is 3.57. The second-order valence-corrected chi connectivity index (χ2v) is 4.69. The highest BCUT2D eigenvalue weighted by molar-refractivity contribution is 4.95. The summed E-state index contributed by atoms with van der Waals surface area (Å²) >= 11 is 0. The fraction of sp³-hybridized carbons (Fsp3) is 1.00. The Morgan fingerprint density at radius 1 is 1.07 bits per heavy atom. The zero-order chi connectivity index (χ0) is 11.4. The minimum absolute atomic E-state index is 0.0136. The van der Waals surface area contributed by atoms with Crippen LogP contribution in [-0.4, -0.2) is 50.5 Å². The van der Waals surface area contributed by atoms with Gasteiger partial charge in [-0.1, -0.05) is 0 Å². The van der Waals surface area contributed by atoms with E-state index in [1.807, 2.05) is 0 Å². The number of likely N-dealkylation sites (N-methyl/N-ethyl adjacent to an activating group) is 1.